The minimum atomic E-state index is -0.576. The van der Waals surface area contributed by atoms with E-state index in [-0.39, 0.29) is 29.8 Å². The van der Waals surface area contributed by atoms with Crippen molar-refractivity contribution in [1.82, 2.24) is 10.3 Å². The molecule has 1 aromatic heterocycles. The van der Waals surface area contributed by atoms with E-state index in [9.17, 15) is 9.90 Å². The Morgan fingerprint density at radius 2 is 1.96 bits per heavy atom. The molecule has 0 spiro atoms. The van der Waals surface area contributed by atoms with E-state index >= 15 is 0 Å². The van der Waals surface area contributed by atoms with Crippen molar-refractivity contribution < 1.29 is 14.6 Å². The Morgan fingerprint density at radius 3 is 2.63 bits per heavy atom. The average Bonchev–Trinajstić information content (AvgIpc) is 2.60. The fourth-order valence-electron chi connectivity index (χ4n) is 3.57. The number of piperidine rings is 1. The zero-order valence-corrected chi connectivity index (χ0v) is 16.0. The molecule has 1 aromatic carbocycles. The molecule has 3 rings (SSSR count). The topological polar surface area (TPSA) is 97.5 Å². The van der Waals surface area contributed by atoms with Crippen LogP contribution in [0.3, 0.4) is 0 Å². The van der Waals surface area contributed by atoms with Gasteiger partial charge < -0.3 is 15.6 Å². The quantitative estimate of drug-likeness (QED) is 0.719. The number of benzene rings is 1. The SMILES string of the molecule is CC(C)(C)OC(=O)c1cnccc1C1CCC(c2ccccc2O)NC1N. The Hall–Kier alpha value is -2.44. The maximum atomic E-state index is 12.6. The Morgan fingerprint density at radius 1 is 1.22 bits per heavy atom. The van der Waals surface area contributed by atoms with Crippen LogP contribution in [0.15, 0.2) is 42.7 Å². The molecular formula is C21H27N3O3. The summed E-state index contributed by atoms with van der Waals surface area (Å²) in [5.41, 5.74) is 7.98. The van der Waals surface area contributed by atoms with Gasteiger partial charge in [-0.15, -0.1) is 0 Å². The van der Waals surface area contributed by atoms with Gasteiger partial charge in [-0.05, 0) is 51.3 Å². The Balaban J connectivity index is 1.81. The lowest BCUT2D eigenvalue weighted by Crippen LogP contribution is -2.48. The second-order valence-electron chi connectivity index (χ2n) is 7.95. The van der Waals surface area contributed by atoms with E-state index in [2.05, 4.69) is 10.3 Å². The van der Waals surface area contributed by atoms with Crippen molar-refractivity contribution in [2.75, 3.05) is 0 Å². The Kier molecular flexibility index (Phi) is 5.48. The lowest BCUT2D eigenvalue weighted by molar-refractivity contribution is 0.00668. The normalized spacial score (nSPS) is 23.0. The maximum Gasteiger partial charge on any atom is 0.340 e. The number of nitrogens with two attached hydrogens (primary N) is 1. The van der Waals surface area contributed by atoms with Crippen LogP contribution in [0, 0.1) is 0 Å². The third-order valence-electron chi connectivity index (χ3n) is 4.78. The third-order valence-corrected chi connectivity index (χ3v) is 4.78. The highest BCUT2D eigenvalue weighted by atomic mass is 16.6. The molecule has 0 bridgehead atoms. The molecule has 2 aromatic rings. The number of esters is 1. The molecule has 1 saturated heterocycles. The Bertz CT molecular complexity index is 816. The zero-order valence-electron chi connectivity index (χ0n) is 16.0. The summed E-state index contributed by atoms with van der Waals surface area (Å²) in [4.78, 5) is 16.7. The van der Waals surface area contributed by atoms with E-state index in [1.165, 1.54) is 0 Å². The number of ether oxygens (including phenoxy) is 1. The van der Waals surface area contributed by atoms with Crippen molar-refractivity contribution in [3.8, 4) is 5.75 Å². The molecule has 4 N–H and O–H groups in total. The number of nitrogens with zero attached hydrogens (tertiary/aromatic N) is 1. The van der Waals surface area contributed by atoms with E-state index in [1.807, 2.05) is 39.0 Å². The van der Waals surface area contributed by atoms with Crippen LogP contribution < -0.4 is 11.1 Å². The highest BCUT2D eigenvalue weighted by Gasteiger charge is 2.33. The number of hydrogen-bond acceptors (Lipinski definition) is 6. The summed E-state index contributed by atoms with van der Waals surface area (Å²) in [6.07, 6.45) is 4.45. The first-order chi connectivity index (χ1) is 12.8. The number of rotatable bonds is 3. The predicted molar refractivity (Wildman–Crippen MR) is 103 cm³/mol. The van der Waals surface area contributed by atoms with Crippen LogP contribution in [0.4, 0.5) is 0 Å². The largest absolute Gasteiger partial charge is 0.508 e. The molecular weight excluding hydrogens is 342 g/mol. The van der Waals surface area contributed by atoms with Crippen LogP contribution in [0.2, 0.25) is 0 Å². The van der Waals surface area contributed by atoms with Gasteiger partial charge in [0.1, 0.15) is 11.4 Å². The molecule has 0 aliphatic carbocycles. The molecule has 3 atom stereocenters. The molecule has 0 radical (unpaired) electrons. The summed E-state index contributed by atoms with van der Waals surface area (Å²) in [7, 11) is 0. The molecule has 144 valence electrons. The number of carbonyl (C=O) groups is 1. The van der Waals surface area contributed by atoms with Crippen LogP contribution in [0.1, 0.15) is 67.1 Å². The van der Waals surface area contributed by atoms with Gasteiger partial charge >= 0.3 is 5.97 Å². The predicted octanol–water partition coefficient (Wildman–Crippen LogP) is 3.24. The fourth-order valence-corrected chi connectivity index (χ4v) is 3.57. The van der Waals surface area contributed by atoms with E-state index in [1.54, 1.807) is 24.5 Å². The number of aromatic nitrogens is 1. The summed E-state index contributed by atoms with van der Waals surface area (Å²) < 4.78 is 5.52. The summed E-state index contributed by atoms with van der Waals surface area (Å²) in [5.74, 6) is -0.169. The molecule has 6 heteroatoms. The average molecular weight is 369 g/mol. The van der Waals surface area contributed by atoms with Gasteiger partial charge in [-0.2, -0.15) is 0 Å². The number of pyridine rings is 1. The summed E-state index contributed by atoms with van der Waals surface area (Å²) in [6, 6.07) is 9.10. The van der Waals surface area contributed by atoms with Gasteiger partial charge in [-0.3, -0.25) is 10.3 Å². The van der Waals surface area contributed by atoms with Gasteiger partial charge in [0.2, 0.25) is 0 Å². The van der Waals surface area contributed by atoms with Gasteiger partial charge in [0.05, 0.1) is 11.7 Å². The van der Waals surface area contributed by atoms with Crippen molar-refractivity contribution in [1.29, 1.82) is 0 Å². The molecule has 1 fully saturated rings. The van der Waals surface area contributed by atoms with E-state index < -0.39 is 5.60 Å². The molecule has 2 heterocycles. The number of phenolic OH excluding ortho intramolecular Hbond substituents is 1. The van der Waals surface area contributed by atoms with E-state index in [4.69, 9.17) is 10.5 Å². The standard InChI is InChI=1S/C21H27N3O3/c1-21(2,3)27-20(26)16-12-23-11-10-13(16)14-8-9-17(24-19(14)22)15-6-4-5-7-18(15)25/h4-7,10-12,14,17,19,24-25H,8-9,22H2,1-3H3. The first-order valence-corrected chi connectivity index (χ1v) is 9.23. The zero-order chi connectivity index (χ0) is 19.6. The van der Waals surface area contributed by atoms with Crippen molar-refractivity contribution >= 4 is 5.97 Å². The number of para-hydroxylation sites is 1. The number of aromatic hydroxyl groups is 1. The molecule has 0 saturated carbocycles. The second kappa shape index (κ2) is 7.66. The van der Waals surface area contributed by atoms with Crippen molar-refractivity contribution in [2.24, 2.45) is 5.73 Å². The van der Waals surface area contributed by atoms with Crippen LogP contribution in [0.25, 0.3) is 0 Å². The highest BCUT2D eigenvalue weighted by molar-refractivity contribution is 5.91. The van der Waals surface area contributed by atoms with Gasteiger partial charge in [-0.1, -0.05) is 18.2 Å². The number of nitrogens with one attached hydrogen (secondary N) is 1. The first-order valence-electron chi connectivity index (χ1n) is 9.23. The molecule has 1 aliphatic rings. The number of carbonyl (C=O) groups excluding carboxylic acids is 1. The lowest BCUT2D eigenvalue weighted by Gasteiger charge is -2.36. The van der Waals surface area contributed by atoms with Crippen molar-refractivity contribution in [3.05, 3.63) is 59.4 Å². The van der Waals surface area contributed by atoms with Crippen molar-refractivity contribution in [2.45, 2.75) is 57.3 Å². The molecule has 6 nitrogen and oxygen atoms in total. The fraction of sp³-hybridized carbons (Fsp3) is 0.429. The minimum Gasteiger partial charge on any atom is -0.508 e. The van der Waals surface area contributed by atoms with Gasteiger partial charge in [0.15, 0.2) is 0 Å². The number of hydrogen-bond donors (Lipinski definition) is 3. The lowest BCUT2D eigenvalue weighted by atomic mass is 9.82. The van der Waals surface area contributed by atoms with Gasteiger partial charge in [-0.25, -0.2) is 4.79 Å². The van der Waals surface area contributed by atoms with Crippen LogP contribution >= 0.6 is 0 Å². The molecule has 3 unspecified atom stereocenters. The monoisotopic (exact) mass is 369 g/mol. The maximum absolute atomic E-state index is 12.6. The smallest absolute Gasteiger partial charge is 0.340 e. The highest BCUT2D eigenvalue weighted by Crippen LogP contribution is 2.37. The van der Waals surface area contributed by atoms with E-state index in [0.29, 0.717) is 5.56 Å². The third kappa shape index (κ3) is 4.46. The van der Waals surface area contributed by atoms with Crippen molar-refractivity contribution in [3.63, 3.8) is 0 Å². The second-order valence-corrected chi connectivity index (χ2v) is 7.95. The van der Waals surface area contributed by atoms with Gasteiger partial charge in [0.25, 0.3) is 0 Å². The summed E-state index contributed by atoms with van der Waals surface area (Å²) >= 11 is 0. The summed E-state index contributed by atoms with van der Waals surface area (Å²) in [6.45, 7) is 5.52. The molecule has 0 amide bonds. The van der Waals surface area contributed by atoms with E-state index in [0.717, 1.165) is 24.0 Å². The minimum absolute atomic E-state index is 0.0238. The van der Waals surface area contributed by atoms with Gasteiger partial charge in [0, 0.05) is 29.9 Å². The molecule has 27 heavy (non-hydrogen) atoms. The van der Waals surface area contributed by atoms with Crippen LogP contribution in [-0.2, 0) is 4.74 Å². The Labute approximate surface area is 159 Å². The molecule has 1 aliphatic heterocycles. The number of phenols is 1. The van der Waals surface area contributed by atoms with Crippen LogP contribution in [0.5, 0.6) is 5.75 Å². The summed E-state index contributed by atoms with van der Waals surface area (Å²) in [5, 5.41) is 13.5. The van der Waals surface area contributed by atoms with Crippen LogP contribution in [-0.4, -0.2) is 27.8 Å². The first kappa shape index (κ1) is 19.3.